The van der Waals surface area contributed by atoms with Crippen LogP contribution in [0.5, 0.6) is 11.5 Å². The van der Waals surface area contributed by atoms with Gasteiger partial charge in [-0.1, -0.05) is 11.8 Å². The van der Waals surface area contributed by atoms with Crippen LogP contribution in [0.1, 0.15) is 19.4 Å². The highest BCUT2D eigenvalue weighted by Gasteiger charge is 2.19. The van der Waals surface area contributed by atoms with E-state index in [0.29, 0.717) is 45.6 Å². The molecule has 1 aromatic heterocycles. The summed E-state index contributed by atoms with van der Waals surface area (Å²) < 4.78 is 11.9. The molecule has 0 aliphatic heterocycles. The highest BCUT2D eigenvalue weighted by atomic mass is 79.9. The Morgan fingerprint density at radius 3 is 2.46 bits per heavy atom. The number of nitrogens with zero attached hydrogens (tertiary/aromatic N) is 2. The Morgan fingerprint density at radius 2 is 1.92 bits per heavy atom. The van der Waals surface area contributed by atoms with Crippen molar-refractivity contribution in [1.82, 2.24) is 9.97 Å². The lowest BCUT2D eigenvalue weighted by Gasteiger charge is -2.14. The lowest BCUT2D eigenvalue weighted by molar-refractivity contribution is 0.287. The van der Waals surface area contributed by atoms with E-state index in [9.17, 15) is 10.1 Å². The van der Waals surface area contributed by atoms with E-state index in [1.165, 1.54) is 11.8 Å². The first-order valence-corrected chi connectivity index (χ1v) is 9.25. The molecular weight excluding hydrogens is 394 g/mol. The van der Waals surface area contributed by atoms with E-state index in [4.69, 9.17) is 9.47 Å². The van der Waals surface area contributed by atoms with Gasteiger partial charge in [0.1, 0.15) is 11.6 Å². The van der Waals surface area contributed by atoms with Gasteiger partial charge in [-0.3, -0.25) is 4.79 Å². The SMILES string of the molecule is CCOc1cc(Br)c(-c2nc(SC)[nH]c(=O)c2C#N)cc1OCC. The van der Waals surface area contributed by atoms with Gasteiger partial charge in [-0.25, -0.2) is 4.98 Å². The maximum atomic E-state index is 12.1. The maximum Gasteiger partial charge on any atom is 0.270 e. The normalized spacial score (nSPS) is 10.3. The quantitative estimate of drug-likeness (QED) is 0.579. The molecule has 0 saturated carbocycles. The number of halogens is 1. The summed E-state index contributed by atoms with van der Waals surface area (Å²) in [6, 6.07) is 5.41. The molecule has 0 radical (unpaired) electrons. The molecule has 1 N–H and O–H groups in total. The largest absolute Gasteiger partial charge is 0.490 e. The topological polar surface area (TPSA) is 88.0 Å². The summed E-state index contributed by atoms with van der Waals surface area (Å²) in [4.78, 5) is 19.1. The van der Waals surface area contributed by atoms with Crippen LogP contribution in [0.25, 0.3) is 11.3 Å². The summed E-state index contributed by atoms with van der Waals surface area (Å²) in [7, 11) is 0. The van der Waals surface area contributed by atoms with E-state index in [0.717, 1.165) is 0 Å². The van der Waals surface area contributed by atoms with Crippen LogP contribution in [0, 0.1) is 11.3 Å². The Labute approximate surface area is 152 Å². The third-order valence-corrected chi connectivity index (χ3v) is 4.33. The van der Waals surface area contributed by atoms with Crippen molar-refractivity contribution >= 4 is 27.7 Å². The van der Waals surface area contributed by atoms with Crippen molar-refractivity contribution in [3.8, 4) is 28.8 Å². The van der Waals surface area contributed by atoms with Gasteiger partial charge < -0.3 is 14.5 Å². The molecule has 126 valence electrons. The molecule has 6 nitrogen and oxygen atoms in total. The second-order valence-electron chi connectivity index (χ2n) is 4.56. The zero-order valence-electron chi connectivity index (χ0n) is 13.5. The number of thioether (sulfide) groups is 1. The smallest absolute Gasteiger partial charge is 0.270 e. The fourth-order valence-electron chi connectivity index (χ4n) is 2.10. The van der Waals surface area contributed by atoms with Crippen molar-refractivity contribution in [3.05, 3.63) is 32.5 Å². The fourth-order valence-corrected chi connectivity index (χ4v) is 2.99. The summed E-state index contributed by atoms with van der Waals surface area (Å²) in [6.07, 6.45) is 1.80. The van der Waals surface area contributed by atoms with E-state index in [1.54, 1.807) is 18.4 Å². The molecule has 0 bridgehead atoms. The molecule has 8 heteroatoms. The Balaban J connectivity index is 2.73. The average Bonchev–Trinajstić information content (AvgIpc) is 2.56. The minimum Gasteiger partial charge on any atom is -0.490 e. The van der Waals surface area contributed by atoms with Crippen molar-refractivity contribution < 1.29 is 9.47 Å². The van der Waals surface area contributed by atoms with Gasteiger partial charge in [-0.15, -0.1) is 0 Å². The van der Waals surface area contributed by atoms with E-state index >= 15 is 0 Å². The Bertz CT molecular complexity index is 846. The standard InChI is InChI=1S/C16H16BrN3O3S/c1-4-22-12-6-9(11(17)7-13(12)23-5-2)14-10(8-18)15(21)20-16(19-14)24-3/h6-7H,4-5H2,1-3H3,(H,19,20,21). The van der Waals surface area contributed by atoms with Crippen LogP contribution in [0.2, 0.25) is 0 Å². The van der Waals surface area contributed by atoms with Crippen molar-refractivity contribution in [2.75, 3.05) is 19.5 Å². The Kier molecular flexibility index (Phi) is 6.29. The van der Waals surface area contributed by atoms with Gasteiger partial charge in [0.05, 0.1) is 18.9 Å². The summed E-state index contributed by atoms with van der Waals surface area (Å²) >= 11 is 4.76. The average molecular weight is 410 g/mol. The van der Waals surface area contributed by atoms with Gasteiger partial charge in [0.25, 0.3) is 5.56 Å². The molecule has 2 aromatic rings. The lowest BCUT2D eigenvalue weighted by Crippen LogP contribution is -2.14. The zero-order valence-corrected chi connectivity index (χ0v) is 15.9. The van der Waals surface area contributed by atoms with Crippen molar-refractivity contribution in [1.29, 1.82) is 5.26 Å². The second kappa shape index (κ2) is 8.22. The van der Waals surface area contributed by atoms with E-state index < -0.39 is 5.56 Å². The second-order valence-corrected chi connectivity index (χ2v) is 6.20. The van der Waals surface area contributed by atoms with Gasteiger partial charge in [0, 0.05) is 10.0 Å². The number of benzene rings is 1. The third kappa shape index (κ3) is 3.74. The number of nitriles is 1. The van der Waals surface area contributed by atoms with Crippen LogP contribution < -0.4 is 15.0 Å². The summed E-state index contributed by atoms with van der Waals surface area (Å²) in [6.45, 7) is 4.71. The van der Waals surface area contributed by atoms with Crippen LogP contribution in [-0.4, -0.2) is 29.4 Å². The molecule has 0 atom stereocenters. The molecule has 0 fully saturated rings. The lowest BCUT2D eigenvalue weighted by atomic mass is 10.1. The number of hydrogen-bond donors (Lipinski definition) is 1. The van der Waals surface area contributed by atoms with Crippen molar-refractivity contribution in [2.24, 2.45) is 0 Å². The Hall–Kier alpha value is -1.98. The molecule has 1 aromatic carbocycles. The van der Waals surface area contributed by atoms with Gasteiger partial charge in [0.2, 0.25) is 0 Å². The molecule has 24 heavy (non-hydrogen) atoms. The van der Waals surface area contributed by atoms with E-state index in [1.807, 2.05) is 19.9 Å². The van der Waals surface area contributed by atoms with Crippen LogP contribution in [0.3, 0.4) is 0 Å². The molecule has 0 saturated heterocycles. The molecule has 2 rings (SSSR count). The number of ether oxygens (including phenoxy) is 2. The molecule has 0 spiro atoms. The van der Waals surface area contributed by atoms with Crippen molar-refractivity contribution in [2.45, 2.75) is 19.0 Å². The predicted molar refractivity (Wildman–Crippen MR) is 96.8 cm³/mol. The minimum atomic E-state index is -0.467. The number of nitrogens with one attached hydrogen (secondary N) is 1. The van der Waals surface area contributed by atoms with Gasteiger partial charge in [-0.05, 0) is 48.2 Å². The Morgan fingerprint density at radius 1 is 1.29 bits per heavy atom. The van der Waals surface area contributed by atoms with E-state index in [-0.39, 0.29) is 5.56 Å². The fraction of sp³-hybridized carbons (Fsp3) is 0.312. The van der Waals surface area contributed by atoms with Crippen LogP contribution in [0.15, 0.2) is 26.6 Å². The van der Waals surface area contributed by atoms with Crippen LogP contribution >= 0.6 is 27.7 Å². The number of aromatic amines is 1. The summed E-state index contributed by atoms with van der Waals surface area (Å²) in [5, 5.41) is 9.78. The monoisotopic (exact) mass is 409 g/mol. The zero-order chi connectivity index (χ0) is 17.7. The molecule has 0 aliphatic carbocycles. The third-order valence-electron chi connectivity index (χ3n) is 3.09. The molecular formula is C16H16BrN3O3S. The minimum absolute atomic E-state index is 0.0416. The molecule has 0 amide bonds. The van der Waals surface area contributed by atoms with Gasteiger partial charge in [0.15, 0.2) is 16.7 Å². The first-order chi connectivity index (χ1) is 11.5. The number of hydrogen-bond acceptors (Lipinski definition) is 6. The van der Waals surface area contributed by atoms with Crippen LogP contribution in [0.4, 0.5) is 0 Å². The van der Waals surface area contributed by atoms with Gasteiger partial charge in [-0.2, -0.15) is 5.26 Å². The predicted octanol–water partition coefficient (Wildman–Crippen LogP) is 3.59. The van der Waals surface area contributed by atoms with Gasteiger partial charge >= 0.3 is 0 Å². The van der Waals surface area contributed by atoms with Crippen LogP contribution in [-0.2, 0) is 0 Å². The number of H-pyrrole nitrogens is 1. The highest BCUT2D eigenvalue weighted by Crippen LogP contribution is 2.39. The first kappa shape index (κ1) is 18.4. The summed E-state index contributed by atoms with van der Waals surface area (Å²) in [5.41, 5.74) is 0.395. The summed E-state index contributed by atoms with van der Waals surface area (Å²) in [5.74, 6) is 1.12. The van der Waals surface area contributed by atoms with E-state index in [2.05, 4.69) is 25.9 Å². The molecule has 1 heterocycles. The molecule has 0 aliphatic rings. The van der Waals surface area contributed by atoms with Crippen molar-refractivity contribution in [3.63, 3.8) is 0 Å². The number of aromatic nitrogens is 2. The molecule has 0 unspecified atom stereocenters. The maximum absolute atomic E-state index is 12.1. The highest BCUT2D eigenvalue weighted by molar-refractivity contribution is 9.10. The number of rotatable bonds is 6. The first-order valence-electron chi connectivity index (χ1n) is 7.23.